The molecule has 0 aromatic heterocycles. The monoisotopic (exact) mass is 177 g/mol. The molecule has 0 aliphatic carbocycles. The second-order valence-corrected chi connectivity index (χ2v) is 2.84. The third-order valence-corrected chi connectivity index (χ3v) is 1.75. The Morgan fingerprint density at radius 3 is 2.69 bits per heavy atom. The van der Waals surface area contributed by atoms with Gasteiger partial charge in [0.1, 0.15) is 0 Å². The van der Waals surface area contributed by atoms with Gasteiger partial charge in [0.2, 0.25) is 5.91 Å². The van der Waals surface area contributed by atoms with Crippen molar-refractivity contribution >= 4 is 17.9 Å². The van der Waals surface area contributed by atoms with Crippen molar-refractivity contribution in [2.24, 2.45) is 0 Å². The molecule has 13 heavy (non-hydrogen) atoms. The smallest absolute Gasteiger partial charge is 0.221 e. The predicted octanol–water partition coefficient (Wildman–Crippen LogP) is 1.77. The number of aryl methyl sites for hydroxylation is 1. The van der Waals surface area contributed by atoms with E-state index >= 15 is 0 Å². The quantitative estimate of drug-likeness (QED) is 0.700. The van der Waals surface area contributed by atoms with Crippen molar-refractivity contribution in [3.8, 4) is 0 Å². The van der Waals surface area contributed by atoms with Crippen molar-refractivity contribution in [3.05, 3.63) is 29.3 Å². The number of anilines is 1. The Morgan fingerprint density at radius 2 is 2.15 bits per heavy atom. The third-order valence-electron chi connectivity index (χ3n) is 1.75. The second-order valence-electron chi connectivity index (χ2n) is 2.84. The first-order chi connectivity index (χ1) is 6.15. The number of amides is 1. The van der Waals surface area contributed by atoms with Crippen LogP contribution < -0.4 is 5.32 Å². The summed E-state index contributed by atoms with van der Waals surface area (Å²) >= 11 is 0. The van der Waals surface area contributed by atoms with Gasteiger partial charge in [0, 0.05) is 12.5 Å². The zero-order valence-corrected chi connectivity index (χ0v) is 7.63. The number of hydrogen-bond donors (Lipinski definition) is 1. The standard InChI is InChI=1S/C10H11NO2/c1-7-4-3-5-10(9(7)6-12)11-8(2)13/h3-6H,1-2H3,(H,11,13). The summed E-state index contributed by atoms with van der Waals surface area (Å²) in [5.74, 6) is -0.172. The number of aldehydes is 1. The van der Waals surface area contributed by atoms with Gasteiger partial charge in [-0.05, 0) is 18.6 Å². The van der Waals surface area contributed by atoms with Crippen LogP contribution in [0.1, 0.15) is 22.8 Å². The number of benzene rings is 1. The van der Waals surface area contributed by atoms with Gasteiger partial charge in [-0.3, -0.25) is 9.59 Å². The molecule has 0 unspecified atom stereocenters. The SMILES string of the molecule is CC(=O)Nc1cccc(C)c1C=O. The van der Waals surface area contributed by atoms with Gasteiger partial charge < -0.3 is 5.32 Å². The molecule has 0 atom stereocenters. The minimum Gasteiger partial charge on any atom is -0.326 e. The van der Waals surface area contributed by atoms with Crippen molar-refractivity contribution in [3.63, 3.8) is 0 Å². The van der Waals surface area contributed by atoms with E-state index in [1.165, 1.54) is 6.92 Å². The Morgan fingerprint density at radius 1 is 1.46 bits per heavy atom. The van der Waals surface area contributed by atoms with Crippen LogP contribution in [0.2, 0.25) is 0 Å². The molecule has 1 aromatic carbocycles. The molecule has 0 saturated heterocycles. The normalized spacial score (nSPS) is 9.38. The van der Waals surface area contributed by atoms with Crippen LogP contribution >= 0.6 is 0 Å². The van der Waals surface area contributed by atoms with Crippen LogP contribution in [0.4, 0.5) is 5.69 Å². The van der Waals surface area contributed by atoms with Crippen LogP contribution in [0.25, 0.3) is 0 Å². The first-order valence-electron chi connectivity index (χ1n) is 3.97. The Labute approximate surface area is 76.8 Å². The fourth-order valence-electron chi connectivity index (χ4n) is 1.14. The Balaban J connectivity index is 3.12. The minimum absolute atomic E-state index is 0.172. The lowest BCUT2D eigenvalue weighted by Crippen LogP contribution is -2.08. The van der Waals surface area contributed by atoms with Gasteiger partial charge in [-0.15, -0.1) is 0 Å². The summed E-state index contributed by atoms with van der Waals surface area (Å²) in [6.45, 7) is 3.24. The van der Waals surface area contributed by atoms with Gasteiger partial charge >= 0.3 is 0 Å². The van der Waals surface area contributed by atoms with Gasteiger partial charge in [-0.25, -0.2) is 0 Å². The molecule has 0 fully saturated rings. The summed E-state index contributed by atoms with van der Waals surface area (Å²) in [6.07, 6.45) is 0.751. The fraction of sp³-hybridized carbons (Fsp3) is 0.200. The van der Waals surface area contributed by atoms with Crippen molar-refractivity contribution in [2.75, 3.05) is 5.32 Å². The number of nitrogens with one attached hydrogen (secondary N) is 1. The summed E-state index contributed by atoms with van der Waals surface area (Å²) in [5.41, 5.74) is 1.97. The molecule has 0 heterocycles. The molecule has 1 rings (SSSR count). The maximum Gasteiger partial charge on any atom is 0.221 e. The number of carbonyl (C=O) groups excluding carboxylic acids is 2. The number of carbonyl (C=O) groups is 2. The average molecular weight is 177 g/mol. The van der Waals surface area contributed by atoms with Crippen LogP contribution in [0, 0.1) is 6.92 Å². The molecule has 0 spiro atoms. The lowest BCUT2D eigenvalue weighted by Gasteiger charge is -2.06. The maximum absolute atomic E-state index is 10.8. The zero-order chi connectivity index (χ0) is 9.84. The Bertz CT molecular complexity index is 345. The average Bonchev–Trinajstić information content (AvgIpc) is 2.03. The van der Waals surface area contributed by atoms with E-state index < -0.39 is 0 Å². The maximum atomic E-state index is 10.8. The van der Waals surface area contributed by atoms with E-state index in [9.17, 15) is 9.59 Å². The molecule has 1 amide bonds. The van der Waals surface area contributed by atoms with Crippen molar-refractivity contribution < 1.29 is 9.59 Å². The van der Waals surface area contributed by atoms with E-state index in [0.717, 1.165) is 11.8 Å². The Hall–Kier alpha value is -1.64. The first-order valence-corrected chi connectivity index (χ1v) is 3.97. The van der Waals surface area contributed by atoms with Crippen LogP contribution in [-0.4, -0.2) is 12.2 Å². The fourth-order valence-corrected chi connectivity index (χ4v) is 1.14. The van der Waals surface area contributed by atoms with Crippen molar-refractivity contribution in [1.29, 1.82) is 0 Å². The second kappa shape index (κ2) is 3.85. The van der Waals surface area contributed by atoms with E-state index in [1.54, 1.807) is 12.1 Å². The molecule has 0 saturated carbocycles. The number of hydrogen-bond acceptors (Lipinski definition) is 2. The summed E-state index contributed by atoms with van der Waals surface area (Å²) in [6, 6.07) is 5.33. The topological polar surface area (TPSA) is 46.2 Å². The van der Waals surface area contributed by atoms with Gasteiger partial charge in [0.05, 0.1) is 5.69 Å². The van der Waals surface area contributed by atoms with E-state index in [4.69, 9.17) is 0 Å². The predicted molar refractivity (Wildman–Crippen MR) is 50.9 cm³/mol. The minimum atomic E-state index is -0.172. The largest absolute Gasteiger partial charge is 0.326 e. The third kappa shape index (κ3) is 2.15. The molecule has 1 N–H and O–H groups in total. The van der Waals surface area contributed by atoms with Crippen LogP contribution in [0.3, 0.4) is 0 Å². The van der Waals surface area contributed by atoms with Crippen LogP contribution in [0.5, 0.6) is 0 Å². The summed E-state index contributed by atoms with van der Waals surface area (Å²) in [4.78, 5) is 21.4. The van der Waals surface area contributed by atoms with Crippen LogP contribution in [-0.2, 0) is 4.79 Å². The molecule has 0 radical (unpaired) electrons. The summed E-state index contributed by atoms with van der Waals surface area (Å²) < 4.78 is 0. The molecule has 3 heteroatoms. The van der Waals surface area contributed by atoms with Gasteiger partial charge in [-0.1, -0.05) is 12.1 Å². The molecule has 0 bridgehead atoms. The lowest BCUT2D eigenvalue weighted by atomic mass is 10.1. The van der Waals surface area contributed by atoms with E-state index in [0.29, 0.717) is 11.3 Å². The molecular weight excluding hydrogens is 166 g/mol. The molecular formula is C10H11NO2. The van der Waals surface area contributed by atoms with Gasteiger partial charge in [-0.2, -0.15) is 0 Å². The highest BCUT2D eigenvalue weighted by Gasteiger charge is 2.04. The summed E-state index contributed by atoms with van der Waals surface area (Å²) in [7, 11) is 0. The van der Waals surface area contributed by atoms with E-state index in [1.807, 2.05) is 13.0 Å². The lowest BCUT2D eigenvalue weighted by molar-refractivity contribution is -0.114. The number of rotatable bonds is 2. The van der Waals surface area contributed by atoms with Crippen LogP contribution in [0.15, 0.2) is 18.2 Å². The summed E-state index contributed by atoms with van der Waals surface area (Å²) in [5, 5.41) is 2.59. The van der Waals surface area contributed by atoms with Crippen molar-refractivity contribution in [2.45, 2.75) is 13.8 Å². The van der Waals surface area contributed by atoms with Gasteiger partial charge in [0.25, 0.3) is 0 Å². The van der Waals surface area contributed by atoms with E-state index in [-0.39, 0.29) is 5.91 Å². The zero-order valence-electron chi connectivity index (χ0n) is 7.63. The molecule has 0 aliphatic rings. The molecule has 1 aromatic rings. The van der Waals surface area contributed by atoms with E-state index in [2.05, 4.69) is 5.32 Å². The molecule has 68 valence electrons. The van der Waals surface area contributed by atoms with Crippen molar-refractivity contribution in [1.82, 2.24) is 0 Å². The first kappa shape index (κ1) is 9.45. The molecule has 3 nitrogen and oxygen atoms in total. The molecule has 0 aliphatic heterocycles. The highest BCUT2D eigenvalue weighted by molar-refractivity contribution is 5.96. The highest BCUT2D eigenvalue weighted by atomic mass is 16.1. The highest BCUT2D eigenvalue weighted by Crippen LogP contribution is 2.16. The Kier molecular flexibility index (Phi) is 2.80. The van der Waals surface area contributed by atoms with Gasteiger partial charge in [0.15, 0.2) is 6.29 Å².